The van der Waals surface area contributed by atoms with Gasteiger partial charge in [-0.3, -0.25) is 4.79 Å². The molecule has 0 radical (unpaired) electrons. The molecule has 0 fully saturated rings. The van der Waals surface area contributed by atoms with E-state index in [1.807, 2.05) is 25.3 Å². The second-order valence-electron chi connectivity index (χ2n) is 3.93. The summed E-state index contributed by atoms with van der Waals surface area (Å²) in [7, 11) is 0. The summed E-state index contributed by atoms with van der Waals surface area (Å²) < 4.78 is 0. The zero-order chi connectivity index (χ0) is 11.3. The minimum absolute atomic E-state index is 0.0299. The van der Waals surface area contributed by atoms with Crippen LogP contribution >= 0.6 is 0 Å². The van der Waals surface area contributed by atoms with Crippen molar-refractivity contribution < 1.29 is 4.79 Å². The van der Waals surface area contributed by atoms with Gasteiger partial charge in [0.15, 0.2) is 0 Å². The van der Waals surface area contributed by atoms with E-state index in [4.69, 9.17) is 0 Å². The highest BCUT2D eigenvalue weighted by Gasteiger charge is 2.03. The van der Waals surface area contributed by atoms with E-state index in [-0.39, 0.29) is 5.91 Å². The van der Waals surface area contributed by atoms with Crippen LogP contribution < -0.4 is 5.32 Å². The lowest BCUT2D eigenvalue weighted by Gasteiger charge is -2.06. The van der Waals surface area contributed by atoms with E-state index < -0.39 is 0 Å². The normalized spacial score (nSPS) is 10.4. The van der Waals surface area contributed by atoms with Crippen molar-refractivity contribution in [3.8, 4) is 0 Å². The Labute approximate surface area is 90.9 Å². The number of carbonyl (C=O) groups is 1. The Kier molecular flexibility index (Phi) is 4.28. The molecule has 1 N–H and O–H groups in total. The third kappa shape index (κ3) is 3.70. The average Bonchev–Trinajstić information content (AvgIpc) is 2.18. The Balaban J connectivity index is 2.60. The van der Waals surface area contributed by atoms with Crippen molar-refractivity contribution in [3.05, 3.63) is 23.9 Å². The van der Waals surface area contributed by atoms with E-state index in [1.54, 1.807) is 0 Å². The Morgan fingerprint density at radius 3 is 2.67 bits per heavy atom. The number of rotatable bonds is 4. The van der Waals surface area contributed by atoms with E-state index in [0.717, 1.165) is 6.42 Å². The van der Waals surface area contributed by atoms with Gasteiger partial charge in [0.1, 0.15) is 5.82 Å². The van der Waals surface area contributed by atoms with Crippen LogP contribution in [0.5, 0.6) is 0 Å². The molecule has 0 saturated carbocycles. The molecule has 3 heteroatoms. The van der Waals surface area contributed by atoms with Gasteiger partial charge in [0, 0.05) is 12.6 Å². The first-order valence-electron chi connectivity index (χ1n) is 5.39. The smallest absolute Gasteiger partial charge is 0.225 e. The average molecular weight is 206 g/mol. The molecule has 15 heavy (non-hydrogen) atoms. The Morgan fingerprint density at radius 2 is 2.20 bits per heavy atom. The van der Waals surface area contributed by atoms with Crippen LogP contribution in [0.1, 0.15) is 45.1 Å². The van der Waals surface area contributed by atoms with E-state index >= 15 is 0 Å². The fourth-order valence-corrected chi connectivity index (χ4v) is 1.25. The number of hydrogen-bond acceptors (Lipinski definition) is 2. The van der Waals surface area contributed by atoms with Crippen molar-refractivity contribution in [2.75, 3.05) is 5.32 Å². The largest absolute Gasteiger partial charge is 0.311 e. The molecule has 82 valence electrons. The van der Waals surface area contributed by atoms with Gasteiger partial charge in [-0.25, -0.2) is 4.98 Å². The molecule has 0 aromatic carbocycles. The van der Waals surface area contributed by atoms with Crippen molar-refractivity contribution in [2.24, 2.45) is 0 Å². The maximum Gasteiger partial charge on any atom is 0.225 e. The molecule has 0 aliphatic carbocycles. The Hall–Kier alpha value is -1.38. The van der Waals surface area contributed by atoms with Crippen LogP contribution in [0.4, 0.5) is 5.82 Å². The van der Waals surface area contributed by atoms with Crippen LogP contribution in [0.2, 0.25) is 0 Å². The molecule has 1 aromatic heterocycles. The zero-order valence-electron chi connectivity index (χ0n) is 9.58. The lowest BCUT2D eigenvalue weighted by molar-refractivity contribution is -0.116. The molecule has 0 spiro atoms. The van der Waals surface area contributed by atoms with Crippen LogP contribution in [0, 0.1) is 0 Å². The minimum atomic E-state index is 0.0299. The van der Waals surface area contributed by atoms with Gasteiger partial charge >= 0.3 is 0 Å². The van der Waals surface area contributed by atoms with Gasteiger partial charge in [-0.2, -0.15) is 0 Å². The standard InChI is InChI=1S/C12H18N2O/c1-4-5-12(15)14-11-7-6-10(8-13-11)9(2)3/h6-9H,4-5H2,1-3H3,(H,13,14,15). The number of nitrogens with zero attached hydrogens (tertiary/aromatic N) is 1. The van der Waals surface area contributed by atoms with Gasteiger partial charge in [-0.1, -0.05) is 26.8 Å². The van der Waals surface area contributed by atoms with E-state index in [0.29, 0.717) is 18.2 Å². The highest BCUT2D eigenvalue weighted by molar-refractivity contribution is 5.89. The summed E-state index contributed by atoms with van der Waals surface area (Å²) >= 11 is 0. The van der Waals surface area contributed by atoms with Crippen LogP contribution in [-0.4, -0.2) is 10.9 Å². The Morgan fingerprint density at radius 1 is 1.47 bits per heavy atom. The lowest BCUT2D eigenvalue weighted by atomic mass is 10.1. The Bertz CT molecular complexity index is 317. The molecular formula is C12H18N2O. The predicted octanol–water partition coefficient (Wildman–Crippen LogP) is 2.94. The second kappa shape index (κ2) is 5.49. The monoisotopic (exact) mass is 206 g/mol. The summed E-state index contributed by atoms with van der Waals surface area (Å²) in [6, 6.07) is 3.85. The van der Waals surface area contributed by atoms with Gasteiger partial charge in [0.25, 0.3) is 0 Å². The molecule has 1 rings (SSSR count). The highest BCUT2D eigenvalue weighted by Crippen LogP contribution is 2.14. The van der Waals surface area contributed by atoms with Crippen LogP contribution in [0.15, 0.2) is 18.3 Å². The maximum absolute atomic E-state index is 11.3. The fourth-order valence-electron chi connectivity index (χ4n) is 1.25. The predicted molar refractivity (Wildman–Crippen MR) is 61.9 cm³/mol. The number of pyridine rings is 1. The van der Waals surface area contributed by atoms with Gasteiger partial charge in [0.05, 0.1) is 0 Å². The van der Waals surface area contributed by atoms with Crippen LogP contribution in [-0.2, 0) is 4.79 Å². The minimum Gasteiger partial charge on any atom is -0.311 e. The van der Waals surface area contributed by atoms with E-state index in [9.17, 15) is 4.79 Å². The van der Waals surface area contributed by atoms with Crippen molar-refractivity contribution in [3.63, 3.8) is 0 Å². The number of amides is 1. The molecule has 1 aromatic rings. The molecule has 0 atom stereocenters. The SMILES string of the molecule is CCCC(=O)Nc1ccc(C(C)C)cn1. The number of anilines is 1. The van der Waals surface area contributed by atoms with Crippen molar-refractivity contribution in [1.29, 1.82) is 0 Å². The molecule has 1 amide bonds. The summed E-state index contributed by atoms with van der Waals surface area (Å²) in [4.78, 5) is 15.5. The van der Waals surface area contributed by atoms with E-state index in [2.05, 4.69) is 24.1 Å². The van der Waals surface area contributed by atoms with E-state index in [1.165, 1.54) is 5.56 Å². The van der Waals surface area contributed by atoms with Crippen molar-refractivity contribution in [2.45, 2.75) is 39.5 Å². The molecule has 0 aliphatic rings. The first-order chi connectivity index (χ1) is 7.13. The summed E-state index contributed by atoms with van der Waals surface area (Å²) in [5.74, 6) is 1.14. The highest BCUT2D eigenvalue weighted by atomic mass is 16.1. The zero-order valence-corrected chi connectivity index (χ0v) is 9.58. The second-order valence-corrected chi connectivity index (χ2v) is 3.93. The maximum atomic E-state index is 11.3. The first kappa shape index (κ1) is 11.7. The first-order valence-corrected chi connectivity index (χ1v) is 5.39. The molecule has 3 nitrogen and oxygen atoms in total. The summed E-state index contributed by atoms with van der Waals surface area (Å²) in [6.07, 6.45) is 3.22. The van der Waals surface area contributed by atoms with Crippen LogP contribution in [0.25, 0.3) is 0 Å². The number of hydrogen-bond donors (Lipinski definition) is 1. The van der Waals surface area contributed by atoms with Gasteiger partial charge < -0.3 is 5.32 Å². The number of nitrogens with one attached hydrogen (secondary N) is 1. The van der Waals surface area contributed by atoms with Gasteiger partial charge in [-0.15, -0.1) is 0 Å². The summed E-state index contributed by atoms with van der Waals surface area (Å²) in [6.45, 7) is 6.22. The van der Waals surface area contributed by atoms with Gasteiger partial charge in [0.2, 0.25) is 5.91 Å². The third-order valence-corrected chi connectivity index (χ3v) is 2.20. The number of aromatic nitrogens is 1. The van der Waals surface area contributed by atoms with Gasteiger partial charge in [-0.05, 0) is 24.0 Å². The van der Waals surface area contributed by atoms with Crippen molar-refractivity contribution >= 4 is 11.7 Å². The van der Waals surface area contributed by atoms with Crippen molar-refractivity contribution in [1.82, 2.24) is 4.98 Å². The quantitative estimate of drug-likeness (QED) is 0.823. The molecule has 0 saturated heterocycles. The molecule has 0 bridgehead atoms. The third-order valence-electron chi connectivity index (χ3n) is 2.20. The fraction of sp³-hybridized carbons (Fsp3) is 0.500. The molecule has 1 heterocycles. The lowest BCUT2D eigenvalue weighted by Crippen LogP contribution is -2.11. The summed E-state index contributed by atoms with van der Waals surface area (Å²) in [5, 5.41) is 2.76. The number of carbonyl (C=O) groups excluding carboxylic acids is 1. The van der Waals surface area contributed by atoms with Crippen LogP contribution in [0.3, 0.4) is 0 Å². The molecular weight excluding hydrogens is 188 g/mol. The summed E-state index contributed by atoms with van der Waals surface area (Å²) in [5.41, 5.74) is 1.18. The molecule has 0 unspecified atom stereocenters. The molecule has 0 aliphatic heterocycles. The topological polar surface area (TPSA) is 42.0 Å².